The van der Waals surface area contributed by atoms with Crippen LogP contribution in [0.25, 0.3) is 21.5 Å². The first-order valence-corrected chi connectivity index (χ1v) is 10.4. The first kappa shape index (κ1) is 18.4. The van der Waals surface area contributed by atoms with Crippen LogP contribution >= 0.6 is 23.2 Å². The third kappa shape index (κ3) is 3.66. The van der Waals surface area contributed by atoms with Crippen molar-refractivity contribution in [1.82, 2.24) is 9.80 Å². The first-order valence-electron chi connectivity index (χ1n) is 9.68. The van der Waals surface area contributed by atoms with E-state index in [0.717, 1.165) is 13.1 Å². The molecule has 0 amide bonds. The highest BCUT2D eigenvalue weighted by Crippen LogP contribution is 2.33. The van der Waals surface area contributed by atoms with E-state index in [0.29, 0.717) is 17.0 Å². The lowest BCUT2D eigenvalue weighted by Gasteiger charge is -2.23. The van der Waals surface area contributed by atoms with Crippen molar-refractivity contribution in [3.05, 3.63) is 106 Å². The van der Waals surface area contributed by atoms with Crippen LogP contribution in [0.4, 0.5) is 0 Å². The Balaban J connectivity index is 1.34. The van der Waals surface area contributed by atoms with E-state index in [2.05, 4.69) is 94.7 Å². The highest BCUT2D eigenvalue weighted by Gasteiger charge is 2.26. The molecule has 144 valence electrons. The fourth-order valence-electron chi connectivity index (χ4n) is 3.95. The SMILES string of the molecule is ClC1=C(Cl)N(Cc2ccc3ccccc3c2)CN1Cc1ccc2ccccc2c1. The number of rotatable bonds is 4. The van der Waals surface area contributed by atoms with Gasteiger partial charge in [-0.2, -0.15) is 0 Å². The number of hydrogen-bond donors (Lipinski definition) is 0. The summed E-state index contributed by atoms with van der Waals surface area (Å²) in [6, 6.07) is 29.9. The van der Waals surface area contributed by atoms with Gasteiger partial charge in [-0.25, -0.2) is 0 Å². The Morgan fingerprint density at radius 1 is 0.552 bits per heavy atom. The average Bonchev–Trinajstić information content (AvgIpc) is 3.01. The van der Waals surface area contributed by atoms with Crippen molar-refractivity contribution in [3.63, 3.8) is 0 Å². The summed E-state index contributed by atoms with van der Waals surface area (Å²) >= 11 is 13.2. The van der Waals surface area contributed by atoms with Gasteiger partial charge in [-0.3, -0.25) is 0 Å². The van der Waals surface area contributed by atoms with E-state index < -0.39 is 0 Å². The van der Waals surface area contributed by atoms with E-state index in [1.54, 1.807) is 0 Å². The van der Waals surface area contributed by atoms with Crippen molar-refractivity contribution in [2.75, 3.05) is 6.67 Å². The molecule has 4 aromatic rings. The van der Waals surface area contributed by atoms with Crippen molar-refractivity contribution >= 4 is 44.7 Å². The first-order chi connectivity index (χ1) is 14.2. The zero-order valence-electron chi connectivity index (χ0n) is 15.9. The van der Waals surface area contributed by atoms with Gasteiger partial charge in [-0.05, 0) is 44.8 Å². The normalized spacial score (nSPS) is 14.4. The van der Waals surface area contributed by atoms with Crippen LogP contribution in [-0.4, -0.2) is 16.5 Å². The van der Waals surface area contributed by atoms with Gasteiger partial charge in [0, 0.05) is 13.1 Å². The maximum atomic E-state index is 6.58. The molecule has 0 unspecified atom stereocenters. The second kappa shape index (κ2) is 7.62. The van der Waals surface area contributed by atoms with Crippen LogP contribution in [0.15, 0.2) is 95.2 Å². The Morgan fingerprint density at radius 2 is 0.966 bits per heavy atom. The molecule has 0 aromatic heterocycles. The molecule has 4 heteroatoms. The Bertz CT molecular complexity index is 1140. The van der Waals surface area contributed by atoms with Gasteiger partial charge in [0.05, 0.1) is 6.67 Å². The zero-order valence-corrected chi connectivity index (χ0v) is 17.4. The molecule has 1 heterocycles. The minimum absolute atomic E-state index is 0.612. The lowest BCUT2D eigenvalue weighted by Crippen LogP contribution is -2.26. The molecule has 0 radical (unpaired) electrons. The fraction of sp³-hybridized carbons (Fsp3) is 0.120. The largest absolute Gasteiger partial charge is 0.338 e. The van der Waals surface area contributed by atoms with Crippen molar-refractivity contribution < 1.29 is 0 Å². The van der Waals surface area contributed by atoms with Crippen LogP contribution in [-0.2, 0) is 13.1 Å². The molecule has 0 bridgehead atoms. The third-order valence-corrected chi connectivity index (χ3v) is 6.37. The molecule has 4 aromatic carbocycles. The maximum Gasteiger partial charge on any atom is 0.142 e. The molecule has 0 aliphatic carbocycles. The average molecular weight is 419 g/mol. The van der Waals surface area contributed by atoms with E-state index >= 15 is 0 Å². The van der Waals surface area contributed by atoms with E-state index in [-0.39, 0.29) is 0 Å². The van der Waals surface area contributed by atoms with Crippen LogP contribution in [0.2, 0.25) is 0 Å². The summed E-state index contributed by atoms with van der Waals surface area (Å²) in [5.41, 5.74) is 2.44. The van der Waals surface area contributed by atoms with Crippen LogP contribution in [0.5, 0.6) is 0 Å². The topological polar surface area (TPSA) is 6.48 Å². The molecule has 0 saturated heterocycles. The summed E-state index contributed by atoms with van der Waals surface area (Å²) in [6.45, 7) is 2.14. The molecule has 1 aliphatic heterocycles. The Kier molecular flexibility index (Phi) is 4.83. The van der Waals surface area contributed by atoms with Crippen molar-refractivity contribution in [1.29, 1.82) is 0 Å². The standard InChI is InChI=1S/C25H20Cl2N2/c26-24-25(27)29(16-19-10-12-21-6-2-4-8-23(21)14-19)17-28(24)15-18-9-11-20-5-1-3-7-22(20)13-18/h1-14H,15-17H2. The van der Waals surface area contributed by atoms with Crippen LogP contribution < -0.4 is 0 Å². The Hall–Kier alpha value is -2.68. The van der Waals surface area contributed by atoms with Crippen molar-refractivity contribution in [2.45, 2.75) is 13.1 Å². The van der Waals surface area contributed by atoms with Gasteiger partial charge in [-0.15, -0.1) is 0 Å². The number of benzene rings is 4. The van der Waals surface area contributed by atoms with E-state index in [9.17, 15) is 0 Å². The van der Waals surface area contributed by atoms with Crippen LogP contribution in [0, 0.1) is 0 Å². The minimum Gasteiger partial charge on any atom is -0.338 e. The van der Waals surface area contributed by atoms with Gasteiger partial charge < -0.3 is 9.80 Å². The highest BCUT2D eigenvalue weighted by molar-refractivity contribution is 6.38. The summed E-state index contributed by atoms with van der Waals surface area (Å²) < 4.78 is 0. The zero-order chi connectivity index (χ0) is 19.8. The van der Waals surface area contributed by atoms with Gasteiger partial charge in [0.2, 0.25) is 0 Å². The second-order valence-electron chi connectivity index (χ2n) is 7.48. The molecule has 1 aliphatic rings. The summed E-state index contributed by atoms with van der Waals surface area (Å²) in [4.78, 5) is 4.24. The molecule has 0 N–H and O–H groups in total. The van der Waals surface area contributed by atoms with E-state index in [1.807, 2.05) is 0 Å². The van der Waals surface area contributed by atoms with Gasteiger partial charge in [0.1, 0.15) is 10.3 Å². The summed E-state index contributed by atoms with van der Waals surface area (Å²) in [6.07, 6.45) is 0. The maximum absolute atomic E-state index is 6.58. The molecule has 0 fully saturated rings. The predicted molar refractivity (Wildman–Crippen MR) is 123 cm³/mol. The molecule has 0 saturated carbocycles. The number of hydrogen-bond acceptors (Lipinski definition) is 2. The minimum atomic E-state index is 0.612. The number of halogens is 2. The van der Waals surface area contributed by atoms with Crippen LogP contribution in [0.3, 0.4) is 0 Å². The molecule has 0 spiro atoms. The van der Waals surface area contributed by atoms with E-state index in [1.165, 1.54) is 32.7 Å². The molecule has 5 rings (SSSR count). The summed E-state index contributed by atoms with van der Waals surface area (Å²) in [5, 5.41) is 6.19. The smallest absolute Gasteiger partial charge is 0.142 e. The second-order valence-corrected chi connectivity index (χ2v) is 8.20. The molecular weight excluding hydrogens is 399 g/mol. The predicted octanol–water partition coefficient (Wildman–Crippen LogP) is 6.87. The van der Waals surface area contributed by atoms with Gasteiger partial charge >= 0.3 is 0 Å². The molecule has 29 heavy (non-hydrogen) atoms. The van der Waals surface area contributed by atoms with Gasteiger partial charge in [0.15, 0.2) is 0 Å². The lowest BCUT2D eigenvalue weighted by molar-refractivity contribution is 0.248. The molecule has 0 atom stereocenters. The van der Waals surface area contributed by atoms with Gasteiger partial charge in [-0.1, -0.05) is 96.0 Å². The Morgan fingerprint density at radius 3 is 1.41 bits per heavy atom. The Labute approximate surface area is 180 Å². The summed E-state index contributed by atoms with van der Waals surface area (Å²) in [5.74, 6) is 0. The third-order valence-electron chi connectivity index (χ3n) is 5.44. The summed E-state index contributed by atoms with van der Waals surface area (Å²) in [7, 11) is 0. The monoisotopic (exact) mass is 418 g/mol. The van der Waals surface area contributed by atoms with Crippen molar-refractivity contribution in [2.24, 2.45) is 0 Å². The van der Waals surface area contributed by atoms with Crippen molar-refractivity contribution in [3.8, 4) is 0 Å². The van der Waals surface area contributed by atoms with E-state index in [4.69, 9.17) is 23.2 Å². The molecule has 2 nitrogen and oxygen atoms in total. The quantitative estimate of drug-likeness (QED) is 0.333. The molecular formula is C25H20Cl2N2. The highest BCUT2D eigenvalue weighted by atomic mass is 35.5. The fourth-order valence-corrected chi connectivity index (χ4v) is 4.41. The van der Waals surface area contributed by atoms with Crippen LogP contribution in [0.1, 0.15) is 11.1 Å². The number of nitrogens with zero attached hydrogens (tertiary/aromatic N) is 2. The number of fused-ring (bicyclic) bond motifs is 2. The lowest BCUT2D eigenvalue weighted by atomic mass is 10.1. The van der Waals surface area contributed by atoms with Gasteiger partial charge in [0.25, 0.3) is 0 Å².